The van der Waals surface area contributed by atoms with Gasteiger partial charge in [-0.3, -0.25) is 4.98 Å². The molecule has 0 bridgehead atoms. The molecule has 0 saturated heterocycles. The number of rotatable bonds is 5. The van der Waals surface area contributed by atoms with Gasteiger partial charge < -0.3 is 9.84 Å². The molecule has 3 heterocycles. The Morgan fingerprint density at radius 3 is 2.11 bits per heavy atom. The van der Waals surface area contributed by atoms with Gasteiger partial charge in [0, 0.05) is 52.1 Å². The first-order valence-corrected chi connectivity index (χ1v) is 14.8. The minimum Gasteiger partial charge on any atom is -0.507 e. The highest BCUT2D eigenvalue weighted by Crippen LogP contribution is 2.42. The number of hydrogen-bond donors (Lipinski definition) is 1. The van der Waals surface area contributed by atoms with E-state index in [1.54, 1.807) is 18.6 Å². The van der Waals surface area contributed by atoms with Crippen LogP contribution in [0.15, 0.2) is 104 Å². The number of phenolic OH excluding ortho intramolecular Hbond substituents is 1. The zero-order valence-electron chi connectivity index (χ0n) is 26.0. The van der Waals surface area contributed by atoms with E-state index in [9.17, 15) is 5.11 Å². The van der Waals surface area contributed by atoms with Crippen molar-refractivity contribution < 1.29 is 9.84 Å². The Balaban J connectivity index is 1.49. The maximum atomic E-state index is 11.7. The smallest absolute Gasteiger partial charge is 0.219 e. The molecule has 3 aromatic heterocycles. The fourth-order valence-corrected chi connectivity index (χ4v) is 5.14. The molecular weight excluding hydrogens is 544 g/mol. The predicted molar refractivity (Wildman–Crippen MR) is 177 cm³/mol. The molecule has 0 aliphatic carbocycles. The molecule has 6 rings (SSSR count). The van der Waals surface area contributed by atoms with Crippen molar-refractivity contribution >= 4 is 10.8 Å². The lowest BCUT2D eigenvalue weighted by Crippen LogP contribution is -2.17. The molecule has 6 heteroatoms. The number of ether oxygens (including phenoxy) is 1. The van der Waals surface area contributed by atoms with E-state index >= 15 is 0 Å². The van der Waals surface area contributed by atoms with E-state index in [4.69, 9.17) is 14.7 Å². The second-order valence-corrected chi connectivity index (χ2v) is 13.1. The first-order valence-electron chi connectivity index (χ1n) is 14.8. The highest BCUT2D eigenvalue weighted by Gasteiger charge is 2.27. The topological polar surface area (TPSA) is 81.0 Å². The molecule has 0 aliphatic heterocycles. The summed E-state index contributed by atoms with van der Waals surface area (Å²) in [5, 5.41) is 13.6. The minimum atomic E-state index is -0.279. The quantitative estimate of drug-likeness (QED) is 0.219. The van der Waals surface area contributed by atoms with Crippen molar-refractivity contribution in [1.82, 2.24) is 19.9 Å². The summed E-state index contributed by atoms with van der Waals surface area (Å²) in [6.45, 7) is 12.9. The summed E-state index contributed by atoms with van der Waals surface area (Å²) in [7, 11) is 0. The van der Waals surface area contributed by atoms with Crippen LogP contribution in [0.4, 0.5) is 0 Å². The molecule has 0 spiro atoms. The Labute approximate surface area is 258 Å². The zero-order chi connectivity index (χ0) is 31.1. The van der Waals surface area contributed by atoms with Gasteiger partial charge in [-0.05, 0) is 46.7 Å². The molecule has 44 heavy (non-hydrogen) atoms. The van der Waals surface area contributed by atoms with Crippen LogP contribution < -0.4 is 4.74 Å². The summed E-state index contributed by atoms with van der Waals surface area (Å²) in [6, 6.07) is 27.7. The lowest BCUT2D eigenvalue weighted by Gasteiger charge is -2.27. The van der Waals surface area contributed by atoms with Crippen molar-refractivity contribution in [3.05, 3.63) is 115 Å². The molecule has 0 amide bonds. The normalized spacial score (nSPS) is 12.0. The summed E-state index contributed by atoms with van der Waals surface area (Å²) in [4.78, 5) is 18.7. The molecule has 6 nitrogen and oxygen atoms in total. The SMILES string of the molecule is CC(C)(C)c1cc(-c2nc(-c3ccccc3)cc(-c3cccc(Oc4cc5cnccc5cn4)c3)n2)c(O)c(C(C)(C)C)c1. The minimum absolute atomic E-state index is 0.138. The van der Waals surface area contributed by atoms with Gasteiger partial charge >= 0.3 is 0 Å². The highest BCUT2D eigenvalue weighted by atomic mass is 16.5. The van der Waals surface area contributed by atoms with Crippen LogP contribution in [0.5, 0.6) is 17.4 Å². The van der Waals surface area contributed by atoms with E-state index < -0.39 is 0 Å². The third-order valence-electron chi connectivity index (χ3n) is 7.67. The Morgan fingerprint density at radius 1 is 0.659 bits per heavy atom. The summed E-state index contributed by atoms with van der Waals surface area (Å²) < 4.78 is 6.18. The molecule has 0 unspecified atom stereocenters. The molecule has 0 atom stereocenters. The van der Waals surface area contributed by atoms with Crippen LogP contribution in [0, 0.1) is 0 Å². The molecule has 3 aromatic carbocycles. The average Bonchev–Trinajstić information content (AvgIpc) is 3.00. The number of pyridine rings is 2. The highest BCUT2D eigenvalue weighted by molar-refractivity contribution is 5.81. The van der Waals surface area contributed by atoms with Gasteiger partial charge in [-0.1, -0.05) is 90.1 Å². The van der Waals surface area contributed by atoms with Crippen LogP contribution in [0.2, 0.25) is 0 Å². The average molecular weight is 581 g/mol. The van der Waals surface area contributed by atoms with Crippen molar-refractivity contribution in [2.75, 3.05) is 0 Å². The second-order valence-electron chi connectivity index (χ2n) is 13.1. The number of hydrogen-bond acceptors (Lipinski definition) is 6. The van der Waals surface area contributed by atoms with Crippen molar-refractivity contribution in [1.29, 1.82) is 0 Å². The Bertz CT molecular complexity index is 1970. The van der Waals surface area contributed by atoms with Crippen molar-refractivity contribution in [3.63, 3.8) is 0 Å². The predicted octanol–water partition coefficient (Wildman–Crippen LogP) is 9.51. The van der Waals surface area contributed by atoms with Gasteiger partial charge in [-0.25, -0.2) is 15.0 Å². The van der Waals surface area contributed by atoms with E-state index in [1.165, 1.54) is 0 Å². The largest absolute Gasteiger partial charge is 0.507 e. The maximum Gasteiger partial charge on any atom is 0.219 e. The standard InChI is InChI=1S/C38H36N4O2/c1-37(2,3)28-19-30(35(43)31(20-28)38(4,5)6)36-41-32(24-11-8-7-9-12-24)21-33(42-36)25-13-10-14-29(17-25)44-34-18-27-22-39-16-15-26(27)23-40-34/h7-23,43H,1-6H3. The Hall–Kier alpha value is -5.10. The van der Waals surface area contributed by atoms with Gasteiger partial charge in [0.2, 0.25) is 5.88 Å². The number of phenols is 1. The molecule has 0 saturated carbocycles. The fraction of sp³-hybridized carbons (Fsp3) is 0.211. The van der Waals surface area contributed by atoms with E-state index in [0.717, 1.165) is 38.7 Å². The number of aromatic nitrogens is 4. The number of benzene rings is 3. The Morgan fingerprint density at radius 2 is 1.39 bits per heavy atom. The fourth-order valence-electron chi connectivity index (χ4n) is 5.14. The lowest BCUT2D eigenvalue weighted by molar-refractivity contribution is 0.446. The summed E-state index contributed by atoms with van der Waals surface area (Å²) in [5.41, 5.74) is 5.46. The molecule has 1 N–H and O–H groups in total. The van der Waals surface area contributed by atoms with E-state index in [1.807, 2.05) is 78.9 Å². The van der Waals surface area contributed by atoms with Crippen LogP contribution in [0.1, 0.15) is 52.7 Å². The van der Waals surface area contributed by atoms with Crippen molar-refractivity contribution in [3.8, 4) is 51.3 Å². The zero-order valence-corrected chi connectivity index (χ0v) is 26.0. The van der Waals surface area contributed by atoms with Crippen molar-refractivity contribution in [2.45, 2.75) is 52.4 Å². The number of fused-ring (bicyclic) bond motifs is 1. The van der Waals surface area contributed by atoms with E-state index in [-0.39, 0.29) is 16.6 Å². The van der Waals surface area contributed by atoms with Gasteiger partial charge in [0.15, 0.2) is 5.82 Å². The summed E-state index contributed by atoms with van der Waals surface area (Å²) >= 11 is 0. The molecule has 0 aliphatic rings. The number of nitrogens with zero attached hydrogens (tertiary/aromatic N) is 4. The van der Waals surface area contributed by atoms with Gasteiger partial charge in [0.25, 0.3) is 0 Å². The third-order valence-corrected chi connectivity index (χ3v) is 7.67. The summed E-state index contributed by atoms with van der Waals surface area (Å²) in [6.07, 6.45) is 5.32. The summed E-state index contributed by atoms with van der Waals surface area (Å²) in [5.74, 6) is 1.78. The number of aromatic hydroxyl groups is 1. The maximum absolute atomic E-state index is 11.7. The van der Waals surface area contributed by atoms with Crippen molar-refractivity contribution in [2.24, 2.45) is 0 Å². The molecule has 0 fully saturated rings. The molecular formula is C38H36N4O2. The van der Waals surface area contributed by atoms with Crippen LogP contribution in [-0.2, 0) is 10.8 Å². The van der Waals surface area contributed by atoms with E-state index in [0.29, 0.717) is 28.7 Å². The Kier molecular flexibility index (Phi) is 7.38. The first-order chi connectivity index (χ1) is 21.0. The van der Waals surface area contributed by atoms with Gasteiger partial charge in [-0.2, -0.15) is 0 Å². The first kappa shape index (κ1) is 29.0. The second kappa shape index (κ2) is 11.2. The van der Waals surface area contributed by atoms with Gasteiger partial charge in [0.1, 0.15) is 11.5 Å². The monoisotopic (exact) mass is 580 g/mol. The molecule has 6 aromatic rings. The molecule has 220 valence electrons. The third kappa shape index (κ3) is 6.02. The van der Waals surface area contributed by atoms with Crippen LogP contribution in [0.3, 0.4) is 0 Å². The van der Waals surface area contributed by atoms with Crippen LogP contribution in [-0.4, -0.2) is 25.0 Å². The van der Waals surface area contributed by atoms with Crippen LogP contribution in [0.25, 0.3) is 44.7 Å². The van der Waals surface area contributed by atoms with Crippen LogP contribution >= 0.6 is 0 Å². The lowest BCUT2D eigenvalue weighted by atomic mass is 9.79. The molecule has 0 radical (unpaired) electrons. The van der Waals surface area contributed by atoms with E-state index in [2.05, 4.69) is 57.6 Å². The van der Waals surface area contributed by atoms with Gasteiger partial charge in [-0.15, -0.1) is 0 Å². The van der Waals surface area contributed by atoms with Gasteiger partial charge in [0.05, 0.1) is 17.0 Å².